The van der Waals surface area contributed by atoms with Gasteiger partial charge in [0.2, 0.25) is 0 Å². The molecule has 0 fully saturated rings. The molecule has 1 amide bonds. The highest BCUT2D eigenvalue weighted by molar-refractivity contribution is 5.92. The first-order valence-corrected chi connectivity index (χ1v) is 5.28. The predicted molar refractivity (Wildman–Crippen MR) is 59.3 cm³/mol. The van der Waals surface area contributed by atoms with Crippen molar-refractivity contribution in [3.8, 4) is 0 Å². The van der Waals surface area contributed by atoms with Crippen molar-refractivity contribution < 1.29 is 9.90 Å². The predicted octanol–water partition coefficient (Wildman–Crippen LogP) is -0.0161. The minimum Gasteiger partial charge on any atom is -0.394 e. The van der Waals surface area contributed by atoms with Crippen LogP contribution in [0.1, 0.15) is 37.2 Å². The molecule has 4 N–H and O–H groups in total. The van der Waals surface area contributed by atoms with Gasteiger partial charge in [0.15, 0.2) is 0 Å². The Labute approximate surface area is 93.1 Å². The average molecular weight is 227 g/mol. The van der Waals surface area contributed by atoms with E-state index in [0.29, 0.717) is 12.8 Å². The summed E-state index contributed by atoms with van der Waals surface area (Å²) in [6.07, 6.45) is 2.56. The van der Waals surface area contributed by atoms with Crippen LogP contribution in [0.4, 0.5) is 0 Å². The first kappa shape index (κ1) is 12.5. The number of carbonyl (C=O) groups excluding carboxylic acids is 1. The molecule has 0 bridgehead atoms. The number of H-pyrrole nitrogens is 2. The van der Waals surface area contributed by atoms with Gasteiger partial charge >= 0.3 is 5.69 Å². The van der Waals surface area contributed by atoms with Crippen LogP contribution in [0, 0.1) is 0 Å². The van der Waals surface area contributed by atoms with E-state index in [2.05, 4.69) is 15.3 Å². The van der Waals surface area contributed by atoms with E-state index < -0.39 is 17.1 Å². The van der Waals surface area contributed by atoms with E-state index in [-0.39, 0.29) is 12.3 Å². The molecular weight excluding hydrogens is 210 g/mol. The van der Waals surface area contributed by atoms with Crippen LogP contribution >= 0.6 is 0 Å². The summed E-state index contributed by atoms with van der Waals surface area (Å²) in [5, 5.41) is 12.0. The lowest BCUT2D eigenvalue weighted by Gasteiger charge is -2.30. The van der Waals surface area contributed by atoms with E-state index in [4.69, 9.17) is 0 Å². The number of carbonyl (C=O) groups is 1. The first-order chi connectivity index (χ1) is 7.56. The number of imidazole rings is 1. The monoisotopic (exact) mass is 227 g/mol. The van der Waals surface area contributed by atoms with Gasteiger partial charge in [-0.3, -0.25) is 4.79 Å². The fraction of sp³-hybridized carbons (Fsp3) is 0.600. The molecule has 0 unspecified atom stereocenters. The molecule has 0 aliphatic heterocycles. The second-order valence-corrected chi connectivity index (χ2v) is 3.76. The summed E-state index contributed by atoms with van der Waals surface area (Å²) >= 11 is 0. The zero-order valence-electron chi connectivity index (χ0n) is 9.46. The maximum atomic E-state index is 11.7. The van der Waals surface area contributed by atoms with Crippen LogP contribution in [0.15, 0.2) is 11.0 Å². The molecule has 1 rings (SSSR count). The number of nitrogens with one attached hydrogen (secondary N) is 3. The molecule has 0 radical (unpaired) electrons. The molecule has 0 spiro atoms. The van der Waals surface area contributed by atoms with Gasteiger partial charge in [0.25, 0.3) is 5.91 Å². The number of rotatable bonds is 5. The van der Waals surface area contributed by atoms with Crippen LogP contribution in [0.25, 0.3) is 0 Å². The minimum absolute atomic E-state index is 0.125. The number of aliphatic hydroxyl groups excluding tert-OH is 1. The maximum absolute atomic E-state index is 11.7. The van der Waals surface area contributed by atoms with Crippen molar-refractivity contribution in [2.24, 2.45) is 0 Å². The van der Waals surface area contributed by atoms with Crippen molar-refractivity contribution in [2.75, 3.05) is 6.61 Å². The number of aliphatic hydroxyl groups is 1. The van der Waals surface area contributed by atoms with Crippen LogP contribution in [0.2, 0.25) is 0 Å². The number of amides is 1. The average Bonchev–Trinajstić information content (AvgIpc) is 2.73. The van der Waals surface area contributed by atoms with Crippen LogP contribution in [-0.2, 0) is 0 Å². The maximum Gasteiger partial charge on any atom is 0.323 e. The minimum atomic E-state index is -0.620. The van der Waals surface area contributed by atoms with Gasteiger partial charge in [0.05, 0.1) is 12.1 Å². The van der Waals surface area contributed by atoms with Crippen molar-refractivity contribution in [1.82, 2.24) is 15.3 Å². The molecular formula is C10H17N3O3. The molecule has 0 saturated carbocycles. The summed E-state index contributed by atoms with van der Waals surface area (Å²) in [5.74, 6) is -0.392. The van der Waals surface area contributed by atoms with E-state index in [1.54, 1.807) is 0 Å². The molecule has 16 heavy (non-hydrogen) atoms. The Bertz CT molecular complexity index is 395. The van der Waals surface area contributed by atoms with E-state index >= 15 is 0 Å². The van der Waals surface area contributed by atoms with Gasteiger partial charge in [-0.1, -0.05) is 13.8 Å². The number of hydrogen-bond acceptors (Lipinski definition) is 3. The quantitative estimate of drug-likeness (QED) is 0.569. The number of aromatic amines is 2. The summed E-state index contributed by atoms with van der Waals surface area (Å²) in [5.41, 5.74) is -0.872. The summed E-state index contributed by atoms with van der Waals surface area (Å²) in [6.45, 7) is 3.65. The lowest BCUT2D eigenvalue weighted by Crippen LogP contribution is -2.50. The normalized spacial score (nSPS) is 11.4. The van der Waals surface area contributed by atoms with Crippen molar-refractivity contribution in [3.05, 3.63) is 22.4 Å². The molecule has 1 aromatic rings. The summed E-state index contributed by atoms with van der Waals surface area (Å²) < 4.78 is 0. The zero-order chi connectivity index (χ0) is 12.2. The molecule has 6 nitrogen and oxygen atoms in total. The van der Waals surface area contributed by atoms with Gasteiger partial charge in [0, 0.05) is 6.20 Å². The Morgan fingerprint density at radius 2 is 2.12 bits per heavy atom. The first-order valence-electron chi connectivity index (χ1n) is 5.28. The van der Waals surface area contributed by atoms with Gasteiger partial charge in [0.1, 0.15) is 5.69 Å². The summed E-state index contributed by atoms with van der Waals surface area (Å²) in [4.78, 5) is 27.3. The van der Waals surface area contributed by atoms with Crippen LogP contribution in [0.5, 0.6) is 0 Å². The highest BCUT2D eigenvalue weighted by atomic mass is 16.3. The van der Waals surface area contributed by atoms with E-state index in [1.165, 1.54) is 6.20 Å². The molecule has 0 aromatic carbocycles. The zero-order valence-corrected chi connectivity index (χ0v) is 9.46. The van der Waals surface area contributed by atoms with Crippen LogP contribution in [0.3, 0.4) is 0 Å². The third-order valence-corrected chi connectivity index (χ3v) is 2.88. The molecule has 6 heteroatoms. The van der Waals surface area contributed by atoms with Gasteiger partial charge < -0.3 is 20.4 Å². The second-order valence-electron chi connectivity index (χ2n) is 3.76. The Balaban J connectivity index is 2.80. The van der Waals surface area contributed by atoms with Gasteiger partial charge in [-0.25, -0.2) is 4.79 Å². The SMILES string of the molecule is CCC(CC)(CO)NC(=O)c1c[nH]c(=O)[nH]1. The Morgan fingerprint density at radius 1 is 1.50 bits per heavy atom. The fourth-order valence-electron chi connectivity index (χ4n) is 1.45. The van der Waals surface area contributed by atoms with Crippen LogP contribution < -0.4 is 11.0 Å². The molecule has 90 valence electrons. The molecule has 0 aliphatic rings. The van der Waals surface area contributed by atoms with Gasteiger partial charge in [-0.15, -0.1) is 0 Å². The number of aromatic nitrogens is 2. The molecule has 0 atom stereocenters. The summed E-state index contributed by atoms with van der Waals surface area (Å²) in [6, 6.07) is 0. The highest BCUT2D eigenvalue weighted by Gasteiger charge is 2.27. The van der Waals surface area contributed by atoms with Crippen molar-refractivity contribution in [1.29, 1.82) is 0 Å². The molecule has 0 aliphatic carbocycles. The van der Waals surface area contributed by atoms with Crippen LogP contribution in [-0.4, -0.2) is 33.1 Å². The highest BCUT2D eigenvalue weighted by Crippen LogP contribution is 2.14. The lowest BCUT2D eigenvalue weighted by molar-refractivity contribution is 0.0813. The van der Waals surface area contributed by atoms with Crippen molar-refractivity contribution in [2.45, 2.75) is 32.2 Å². The third-order valence-electron chi connectivity index (χ3n) is 2.88. The standard InChI is InChI=1S/C10H17N3O3/c1-3-10(4-2,6-14)13-8(15)7-5-11-9(16)12-7/h5,14H,3-4,6H2,1-2H3,(H,13,15)(H2,11,12,16). The second kappa shape index (κ2) is 4.98. The number of hydrogen-bond donors (Lipinski definition) is 4. The third kappa shape index (κ3) is 2.52. The van der Waals surface area contributed by atoms with E-state index in [0.717, 1.165) is 0 Å². The van der Waals surface area contributed by atoms with E-state index in [9.17, 15) is 14.7 Å². The van der Waals surface area contributed by atoms with Gasteiger partial charge in [-0.05, 0) is 12.8 Å². The summed E-state index contributed by atoms with van der Waals surface area (Å²) in [7, 11) is 0. The fourth-order valence-corrected chi connectivity index (χ4v) is 1.45. The van der Waals surface area contributed by atoms with Crippen molar-refractivity contribution in [3.63, 3.8) is 0 Å². The lowest BCUT2D eigenvalue weighted by atomic mass is 9.94. The Hall–Kier alpha value is -1.56. The Morgan fingerprint density at radius 3 is 2.50 bits per heavy atom. The largest absolute Gasteiger partial charge is 0.394 e. The molecule has 1 aromatic heterocycles. The van der Waals surface area contributed by atoms with Crippen molar-refractivity contribution >= 4 is 5.91 Å². The topological polar surface area (TPSA) is 98.0 Å². The smallest absolute Gasteiger partial charge is 0.323 e. The Kier molecular flexibility index (Phi) is 3.89. The van der Waals surface area contributed by atoms with Gasteiger partial charge in [-0.2, -0.15) is 0 Å². The molecule has 1 heterocycles. The van der Waals surface area contributed by atoms with E-state index in [1.807, 2.05) is 13.8 Å². The molecule has 0 saturated heterocycles.